The largest absolute Gasteiger partial charge is 0.419 e. The third kappa shape index (κ3) is 2.47. The number of hydrogen-bond donors (Lipinski definition) is 1. The number of hydrogen-bond acceptors (Lipinski definition) is 2. The molecule has 14 heavy (non-hydrogen) atoms. The lowest BCUT2D eigenvalue weighted by Gasteiger charge is -2.09. The van der Waals surface area contributed by atoms with Crippen molar-refractivity contribution in [3.63, 3.8) is 0 Å². The Bertz CT molecular complexity index is 343. The first-order valence-electron chi connectivity index (χ1n) is 3.56. The monoisotopic (exact) mass is 266 g/mol. The minimum absolute atomic E-state index is 0.191. The van der Waals surface area contributed by atoms with Gasteiger partial charge in [-0.1, -0.05) is 0 Å². The van der Waals surface area contributed by atoms with Crippen LogP contribution in [0.1, 0.15) is 5.69 Å². The van der Waals surface area contributed by atoms with Crippen molar-refractivity contribution in [2.45, 2.75) is 6.18 Å². The highest BCUT2D eigenvalue weighted by Gasteiger charge is 2.35. The summed E-state index contributed by atoms with van der Waals surface area (Å²) in [5, 5.41) is 0. The van der Waals surface area contributed by atoms with Crippen LogP contribution in [-0.4, -0.2) is 11.2 Å². The summed E-state index contributed by atoms with van der Waals surface area (Å²) in [5.41, 5.74) is 3.76. The lowest BCUT2D eigenvalue weighted by Crippen LogP contribution is -2.13. The van der Waals surface area contributed by atoms with Gasteiger partial charge in [0.2, 0.25) is 0 Å². The molecule has 0 aliphatic heterocycles. The third-order valence-corrected chi connectivity index (χ3v) is 1.94. The number of allylic oxidation sites excluding steroid dienone is 1. The molecule has 2 nitrogen and oxygen atoms in total. The number of alkyl halides is 3. The van der Waals surface area contributed by atoms with Crippen LogP contribution in [0.4, 0.5) is 13.2 Å². The van der Waals surface area contributed by atoms with Gasteiger partial charge in [0.1, 0.15) is 0 Å². The first-order chi connectivity index (χ1) is 6.45. The minimum Gasteiger partial charge on any atom is -0.404 e. The van der Waals surface area contributed by atoms with Crippen LogP contribution >= 0.6 is 15.9 Å². The molecule has 2 N–H and O–H groups in total. The average molecular weight is 267 g/mol. The Morgan fingerprint density at radius 2 is 2.07 bits per heavy atom. The highest BCUT2D eigenvalue weighted by molar-refractivity contribution is 9.10. The molecule has 0 fully saturated rings. The summed E-state index contributed by atoms with van der Waals surface area (Å²) in [6.07, 6.45) is -2.68. The van der Waals surface area contributed by atoms with Crippen LogP contribution in [-0.2, 0) is 0 Å². The van der Waals surface area contributed by atoms with Crippen molar-refractivity contribution < 1.29 is 13.2 Å². The van der Waals surface area contributed by atoms with E-state index in [2.05, 4.69) is 20.9 Å². The highest BCUT2D eigenvalue weighted by atomic mass is 79.9. The molecule has 1 heterocycles. The van der Waals surface area contributed by atoms with Crippen LogP contribution in [0.25, 0.3) is 5.57 Å². The van der Waals surface area contributed by atoms with Gasteiger partial charge in [0, 0.05) is 16.9 Å². The zero-order chi connectivity index (χ0) is 10.8. The number of nitrogens with two attached hydrogens (primary N) is 1. The summed E-state index contributed by atoms with van der Waals surface area (Å²) in [5.74, 6) is 0. The summed E-state index contributed by atoms with van der Waals surface area (Å²) in [6.45, 7) is 0. The maximum absolute atomic E-state index is 12.3. The Hall–Kier alpha value is -1.04. The van der Waals surface area contributed by atoms with E-state index in [9.17, 15) is 13.2 Å². The van der Waals surface area contributed by atoms with Gasteiger partial charge in [-0.05, 0) is 28.1 Å². The van der Waals surface area contributed by atoms with Gasteiger partial charge in [-0.25, -0.2) is 0 Å². The van der Waals surface area contributed by atoms with Crippen molar-refractivity contribution in [2.75, 3.05) is 0 Å². The van der Waals surface area contributed by atoms with Gasteiger partial charge in [0.05, 0.1) is 11.3 Å². The van der Waals surface area contributed by atoms with Crippen molar-refractivity contribution in [3.05, 3.63) is 34.7 Å². The van der Waals surface area contributed by atoms with Crippen LogP contribution in [0.15, 0.2) is 29.0 Å². The Kier molecular flexibility index (Phi) is 3.15. The molecule has 0 radical (unpaired) electrons. The maximum Gasteiger partial charge on any atom is 0.419 e. The second-order valence-corrected chi connectivity index (χ2v) is 3.36. The van der Waals surface area contributed by atoms with E-state index < -0.39 is 11.7 Å². The van der Waals surface area contributed by atoms with Crippen LogP contribution < -0.4 is 5.73 Å². The molecule has 0 aliphatic carbocycles. The van der Waals surface area contributed by atoms with E-state index >= 15 is 0 Å². The first-order valence-corrected chi connectivity index (χ1v) is 4.35. The molecular formula is C8H6BrF3N2. The molecule has 0 unspecified atom stereocenters. The molecule has 76 valence electrons. The van der Waals surface area contributed by atoms with Crippen molar-refractivity contribution in [3.8, 4) is 0 Å². The van der Waals surface area contributed by atoms with Crippen LogP contribution in [0.2, 0.25) is 0 Å². The Morgan fingerprint density at radius 3 is 2.43 bits per heavy atom. The van der Waals surface area contributed by atoms with E-state index in [1.807, 2.05) is 0 Å². The SMILES string of the molecule is N/C=C(\c1ccc(Br)cn1)C(F)(F)F. The highest BCUT2D eigenvalue weighted by Crippen LogP contribution is 2.32. The van der Waals surface area contributed by atoms with E-state index in [1.54, 1.807) is 0 Å². The Labute approximate surface area is 86.8 Å². The Balaban J connectivity index is 3.10. The lowest BCUT2D eigenvalue weighted by molar-refractivity contribution is -0.0692. The molecule has 6 heteroatoms. The van der Waals surface area contributed by atoms with E-state index in [1.165, 1.54) is 18.3 Å². The molecule has 0 aromatic carbocycles. The van der Waals surface area contributed by atoms with Gasteiger partial charge in [0.15, 0.2) is 0 Å². The van der Waals surface area contributed by atoms with Gasteiger partial charge in [-0.3, -0.25) is 4.98 Å². The average Bonchev–Trinajstić information content (AvgIpc) is 2.07. The Morgan fingerprint density at radius 1 is 1.43 bits per heavy atom. The number of aromatic nitrogens is 1. The zero-order valence-corrected chi connectivity index (χ0v) is 8.43. The maximum atomic E-state index is 12.3. The quantitative estimate of drug-likeness (QED) is 0.849. The molecule has 1 rings (SSSR count). The van der Waals surface area contributed by atoms with Crippen molar-refractivity contribution >= 4 is 21.5 Å². The summed E-state index contributed by atoms with van der Waals surface area (Å²) in [7, 11) is 0. The summed E-state index contributed by atoms with van der Waals surface area (Å²) in [4.78, 5) is 3.60. The normalized spacial score (nSPS) is 13.0. The van der Waals surface area contributed by atoms with Gasteiger partial charge in [0.25, 0.3) is 0 Å². The van der Waals surface area contributed by atoms with Gasteiger partial charge < -0.3 is 5.73 Å². The molecule has 1 aromatic rings. The number of halogens is 4. The number of nitrogens with zero attached hydrogens (tertiary/aromatic N) is 1. The molecular weight excluding hydrogens is 261 g/mol. The number of pyridine rings is 1. The third-order valence-electron chi connectivity index (χ3n) is 1.48. The molecule has 0 saturated carbocycles. The molecule has 0 atom stereocenters. The van der Waals surface area contributed by atoms with E-state index in [0.717, 1.165) is 0 Å². The fraction of sp³-hybridized carbons (Fsp3) is 0.125. The van der Waals surface area contributed by atoms with Crippen molar-refractivity contribution in [1.29, 1.82) is 0 Å². The first kappa shape index (κ1) is 11.0. The van der Waals surface area contributed by atoms with Crippen LogP contribution in [0.5, 0.6) is 0 Å². The van der Waals surface area contributed by atoms with E-state index in [4.69, 9.17) is 5.73 Å². The topological polar surface area (TPSA) is 38.9 Å². The fourth-order valence-corrected chi connectivity index (χ4v) is 1.09. The van der Waals surface area contributed by atoms with Crippen molar-refractivity contribution in [2.24, 2.45) is 5.73 Å². The molecule has 0 bridgehead atoms. The summed E-state index contributed by atoms with van der Waals surface area (Å²) < 4.78 is 37.5. The summed E-state index contributed by atoms with van der Waals surface area (Å²) in [6, 6.07) is 2.72. The zero-order valence-electron chi connectivity index (χ0n) is 6.85. The van der Waals surface area contributed by atoms with Crippen LogP contribution in [0, 0.1) is 0 Å². The molecule has 0 spiro atoms. The molecule has 0 amide bonds. The van der Waals surface area contributed by atoms with Gasteiger partial charge in [-0.2, -0.15) is 13.2 Å². The molecule has 0 saturated heterocycles. The van der Waals surface area contributed by atoms with Gasteiger partial charge >= 0.3 is 6.18 Å². The van der Waals surface area contributed by atoms with Crippen molar-refractivity contribution in [1.82, 2.24) is 4.98 Å². The lowest BCUT2D eigenvalue weighted by atomic mass is 10.2. The van der Waals surface area contributed by atoms with Crippen LogP contribution in [0.3, 0.4) is 0 Å². The molecule has 1 aromatic heterocycles. The van der Waals surface area contributed by atoms with E-state index in [-0.39, 0.29) is 5.69 Å². The smallest absolute Gasteiger partial charge is 0.404 e. The fourth-order valence-electron chi connectivity index (χ4n) is 0.860. The van der Waals surface area contributed by atoms with Gasteiger partial charge in [-0.15, -0.1) is 0 Å². The second-order valence-electron chi connectivity index (χ2n) is 2.44. The predicted molar refractivity (Wildman–Crippen MR) is 50.2 cm³/mol. The number of rotatable bonds is 1. The standard InChI is InChI=1S/C8H6BrF3N2/c9-5-1-2-7(14-4-5)6(3-13)8(10,11)12/h1-4H,13H2/b6-3+. The molecule has 0 aliphatic rings. The minimum atomic E-state index is -4.48. The predicted octanol–water partition coefficient (Wildman–Crippen LogP) is 2.71. The van der Waals surface area contributed by atoms with E-state index in [0.29, 0.717) is 10.7 Å². The summed E-state index contributed by atoms with van der Waals surface area (Å²) >= 11 is 3.07. The second kappa shape index (κ2) is 4.00.